The van der Waals surface area contributed by atoms with Crippen molar-refractivity contribution in [1.82, 2.24) is 10.3 Å². The third kappa shape index (κ3) is 4.12. The fourth-order valence-electron chi connectivity index (χ4n) is 2.10. The molecule has 0 saturated heterocycles. The van der Waals surface area contributed by atoms with E-state index in [0.717, 1.165) is 5.56 Å². The Labute approximate surface area is 135 Å². The minimum absolute atomic E-state index is 0.247. The second-order valence-corrected chi connectivity index (χ2v) is 4.66. The Balaban J connectivity index is 2.07. The van der Waals surface area contributed by atoms with E-state index in [1.54, 1.807) is 25.4 Å². The Bertz CT molecular complexity index is 673. The van der Waals surface area contributed by atoms with Crippen LogP contribution in [0, 0.1) is 0 Å². The van der Waals surface area contributed by atoms with Crippen molar-refractivity contribution in [3.8, 4) is 17.4 Å². The number of benzene rings is 1. The fraction of sp³-hybridized carbons (Fsp3) is 0.294. The van der Waals surface area contributed by atoms with Crippen molar-refractivity contribution in [2.75, 3.05) is 20.8 Å². The molecule has 1 heterocycles. The van der Waals surface area contributed by atoms with E-state index in [9.17, 15) is 4.79 Å². The predicted octanol–water partition coefficient (Wildman–Crippen LogP) is 2.43. The first-order chi connectivity index (χ1) is 11.2. The van der Waals surface area contributed by atoms with Gasteiger partial charge in [-0.1, -0.05) is 6.07 Å². The number of aromatic nitrogens is 1. The van der Waals surface area contributed by atoms with Gasteiger partial charge in [0.2, 0.25) is 5.88 Å². The molecule has 2 aromatic rings. The molecule has 0 spiro atoms. The molecule has 0 atom stereocenters. The maximum Gasteiger partial charge on any atom is 0.257 e. The smallest absolute Gasteiger partial charge is 0.257 e. The minimum atomic E-state index is -0.247. The molecule has 1 amide bonds. The maximum absolute atomic E-state index is 12.2. The molecule has 1 aromatic carbocycles. The highest BCUT2D eigenvalue weighted by Crippen LogP contribution is 2.28. The van der Waals surface area contributed by atoms with Gasteiger partial charge in [0.1, 0.15) is 5.56 Å². The van der Waals surface area contributed by atoms with Gasteiger partial charge in [-0.2, -0.15) is 0 Å². The lowest BCUT2D eigenvalue weighted by Gasteiger charge is -2.12. The van der Waals surface area contributed by atoms with Gasteiger partial charge >= 0.3 is 0 Å². The number of pyridine rings is 1. The molecule has 122 valence electrons. The van der Waals surface area contributed by atoms with Gasteiger partial charge in [0, 0.05) is 12.7 Å². The second kappa shape index (κ2) is 8.03. The normalized spacial score (nSPS) is 10.0. The van der Waals surface area contributed by atoms with E-state index >= 15 is 0 Å². The summed E-state index contributed by atoms with van der Waals surface area (Å²) in [5.74, 6) is 1.37. The lowest BCUT2D eigenvalue weighted by Crippen LogP contribution is -2.23. The van der Waals surface area contributed by atoms with E-state index in [4.69, 9.17) is 14.2 Å². The first-order valence-electron chi connectivity index (χ1n) is 7.26. The number of hydrogen-bond acceptors (Lipinski definition) is 5. The molecule has 1 N–H and O–H groups in total. The topological polar surface area (TPSA) is 69.7 Å². The molecule has 2 rings (SSSR count). The van der Waals surface area contributed by atoms with Crippen LogP contribution in [0.3, 0.4) is 0 Å². The number of nitrogens with zero attached hydrogens (tertiary/aromatic N) is 1. The van der Waals surface area contributed by atoms with Gasteiger partial charge in [0.25, 0.3) is 5.91 Å². The van der Waals surface area contributed by atoms with Gasteiger partial charge in [-0.3, -0.25) is 4.79 Å². The van der Waals surface area contributed by atoms with Crippen molar-refractivity contribution in [2.24, 2.45) is 0 Å². The zero-order valence-electron chi connectivity index (χ0n) is 13.5. The number of rotatable bonds is 7. The van der Waals surface area contributed by atoms with Gasteiger partial charge in [-0.25, -0.2) is 4.98 Å². The minimum Gasteiger partial charge on any atom is -0.493 e. The summed E-state index contributed by atoms with van der Waals surface area (Å²) in [6.07, 6.45) is 1.58. The molecule has 1 aromatic heterocycles. The lowest BCUT2D eigenvalue weighted by atomic mass is 10.2. The van der Waals surface area contributed by atoms with E-state index in [2.05, 4.69) is 10.3 Å². The molecule has 6 heteroatoms. The average molecular weight is 316 g/mol. The molecule has 0 saturated carbocycles. The van der Waals surface area contributed by atoms with Crippen LogP contribution in [0.25, 0.3) is 0 Å². The highest BCUT2D eigenvalue weighted by molar-refractivity contribution is 5.96. The third-order valence-corrected chi connectivity index (χ3v) is 3.19. The Hall–Kier alpha value is -2.76. The number of carbonyl (C=O) groups excluding carboxylic acids is 1. The summed E-state index contributed by atoms with van der Waals surface area (Å²) < 4.78 is 15.9. The standard InChI is InChI=1S/C17H20N2O4/c1-4-23-14-8-7-12(10-15(14)21-2)11-19-16(20)13-6-5-9-18-17(13)22-3/h5-10H,4,11H2,1-3H3,(H,19,20). The van der Waals surface area contributed by atoms with Crippen molar-refractivity contribution in [3.63, 3.8) is 0 Å². The van der Waals surface area contributed by atoms with Crippen molar-refractivity contribution in [2.45, 2.75) is 13.5 Å². The number of nitrogens with one attached hydrogen (secondary N) is 1. The molecule has 0 bridgehead atoms. The van der Waals surface area contributed by atoms with Gasteiger partial charge in [0.05, 0.1) is 20.8 Å². The van der Waals surface area contributed by atoms with E-state index in [0.29, 0.717) is 36.1 Å². The molecule has 0 radical (unpaired) electrons. The van der Waals surface area contributed by atoms with Gasteiger partial charge < -0.3 is 19.5 Å². The molecule has 0 unspecified atom stereocenters. The summed E-state index contributed by atoms with van der Waals surface area (Å²) in [6.45, 7) is 2.84. The van der Waals surface area contributed by atoms with Crippen LogP contribution in [-0.4, -0.2) is 31.7 Å². The quantitative estimate of drug-likeness (QED) is 0.849. The Morgan fingerprint density at radius 3 is 2.70 bits per heavy atom. The molecule has 0 fully saturated rings. The SMILES string of the molecule is CCOc1ccc(CNC(=O)c2cccnc2OC)cc1OC. The highest BCUT2D eigenvalue weighted by atomic mass is 16.5. The molecule has 0 aliphatic rings. The molecule has 0 aliphatic heterocycles. The zero-order chi connectivity index (χ0) is 16.7. The van der Waals surface area contributed by atoms with Crippen LogP contribution in [0.2, 0.25) is 0 Å². The lowest BCUT2D eigenvalue weighted by molar-refractivity contribution is 0.0947. The summed E-state index contributed by atoms with van der Waals surface area (Å²) in [7, 11) is 3.07. The Morgan fingerprint density at radius 2 is 2.00 bits per heavy atom. The summed E-state index contributed by atoms with van der Waals surface area (Å²) in [4.78, 5) is 16.2. The van der Waals surface area contributed by atoms with Crippen LogP contribution in [-0.2, 0) is 6.54 Å². The maximum atomic E-state index is 12.2. The monoisotopic (exact) mass is 316 g/mol. The summed E-state index contributed by atoms with van der Waals surface area (Å²) in [5.41, 5.74) is 1.30. The number of hydrogen-bond donors (Lipinski definition) is 1. The van der Waals surface area contributed by atoms with Crippen LogP contribution < -0.4 is 19.5 Å². The van der Waals surface area contributed by atoms with Crippen molar-refractivity contribution in [3.05, 3.63) is 47.7 Å². The summed E-state index contributed by atoms with van der Waals surface area (Å²) in [6, 6.07) is 8.91. The number of ether oxygens (including phenoxy) is 3. The van der Waals surface area contributed by atoms with Gasteiger partial charge in [-0.15, -0.1) is 0 Å². The van der Waals surface area contributed by atoms with Crippen LogP contribution in [0.1, 0.15) is 22.8 Å². The molecule has 23 heavy (non-hydrogen) atoms. The Morgan fingerprint density at radius 1 is 1.17 bits per heavy atom. The molecular weight excluding hydrogens is 296 g/mol. The van der Waals surface area contributed by atoms with E-state index in [1.807, 2.05) is 25.1 Å². The van der Waals surface area contributed by atoms with Crippen LogP contribution in [0.15, 0.2) is 36.5 Å². The first-order valence-corrected chi connectivity index (χ1v) is 7.26. The van der Waals surface area contributed by atoms with Crippen molar-refractivity contribution < 1.29 is 19.0 Å². The first kappa shape index (κ1) is 16.6. The third-order valence-electron chi connectivity index (χ3n) is 3.19. The molecular formula is C17H20N2O4. The Kier molecular flexibility index (Phi) is 5.80. The van der Waals surface area contributed by atoms with E-state index in [1.165, 1.54) is 7.11 Å². The zero-order valence-corrected chi connectivity index (χ0v) is 13.5. The number of carbonyl (C=O) groups is 1. The predicted molar refractivity (Wildman–Crippen MR) is 86.1 cm³/mol. The van der Waals surface area contributed by atoms with Crippen LogP contribution in [0.4, 0.5) is 0 Å². The van der Waals surface area contributed by atoms with Crippen molar-refractivity contribution >= 4 is 5.91 Å². The highest BCUT2D eigenvalue weighted by Gasteiger charge is 2.13. The molecule has 0 aliphatic carbocycles. The largest absolute Gasteiger partial charge is 0.493 e. The summed E-state index contributed by atoms with van der Waals surface area (Å²) >= 11 is 0. The molecule has 6 nitrogen and oxygen atoms in total. The van der Waals surface area contributed by atoms with E-state index in [-0.39, 0.29) is 5.91 Å². The number of amides is 1. The fourth-order valence-corrected chi connectivity index (χ4v) is 2.10. The van der Waals surface area contributed by atoms with Gasteiger partial charge in [0.15, 0.2) is 11.5 Å². The number of methoxy groups -OCH3 is 2. The van der Waals surface area contributed by atoms with Crippen molar-refractivity contribution in [1.29, 1.82) is 0 Å². The summed E-state index contributed by atoms with van der Waals surface area (Å²) in [5, 5.41) is 2.84. The van der Waals surface area contributed by atoms with Gasteiger partial charge in [-0.05, 0) is 36.8 Å². The average Bonchev–Trinajstić information content (AvgIpc) is 2.60. The van der Waals surface area contributed by atoms with Crippen LogP contribution in [0.5, 0.6) is 17.4 Å². The second-order valence-electron chi connectivity index (χ2n) is 4.66. The van der Waals surface area contributed by atoms with Crippen LogP contribution >= 0.6 is 0 Å². The van der Waals surface area contributed by atoms with E-state index < -0.39 is 0 Å².